The number of hydrogen-bond acceptors (Lipinski definition) is 4. The van der Waals surface area contributed by atoms with E-state index >= 15 is 0 Å². The predicted molar refractivity (Wildman–Crippen MR) is 82.4 cm³/mol. The Morgan fingerprint density at radius 1 is 1.43 bits per heavy atom. The average Bonchev–Trinajstić information content (AvgIpc) is 3.14. The van der Waals surface area contributed by atoms with Crippen LogP contribution in [0.3, 0.4) is 0 Å². The highest BCUT2D eigenvalue weighted by atomic mass is 32.1. The maximum atomic E-state index is 12.1. The molecule has 4 nitrogen and oxygen atoms in total. The van der Waals surface area contributed by atoms with Crippen LogP contribution in [0.2, 0.25) is 0 Å². The van der Waals surface area contributed by atoms with Gasteiger partial charge in [-0.15, -0.1) is 0 Å². The number of benzene rings is 1. The van der Waals surface area contributed by atoms with Crippen molar-refractivity contribution < 1.29 is 9.53 Å². The molecule has 2 atom stereocenters. The maximum absolute atomic E-state index is 12.1. The van der Waals surface area contributed by atoms with Crippen molar-refractivity contribution in [1.82, 2.24) is 9.69 Å². The fraction of sp³-hybridized carbons (Fsp3) is 0.375. The summed E-state index contributed by atoms with van der Waals surface area (Å²) in [6.45, 7) is 3.24. The van der Waals surface area contributed by atoms with Gasteiger partial charge in [0.15, 0.2) is 0 Å². The van der Waals surface area contributed by atoms with Gasteiger partial charge in [-0.1, -0.05) is 30.3 Å². The molecule has 2 aromatic rings. The minimum absolute atomic E-state index is 0.0417. The average molecular weight is 302 g/mol. The molecule has 0 saturated carbocycles. The fourth-order valence-electron chi connectivity index (χ4n) is 2.68. The Morgan fingerprint density at radius 2 is 2.24 bits per heavy atom. The van der Waals surface area contributed by atoms with Crippen molar-refractivity contribution in [3.8, 4) is 0 Å². The summed E-state index contributed by atoms with van der Waals surface area (Å²) in [5.74, 6) is 0.281. The van der Waals surface area contributed by atoms with Crippen LogP contribution in [0, 0.1) is 12.8 Å². The maximum Gasteiger partial charge on any atom is 0.254 e. The lowest BCUT2D eigenvalue weighted by Crippen LogP contribution is -2.30. The number of aryl methyl sites for hydroxylation is 1. The van der Waals surface area contributed by atoms with E-state index < -0.39 is 0 Å². The molecule has 5 heteroatoms. The van der Waals surface area contributed by atoms with Crippen LogP contribution in [-0.4, -0.2) is 23.4 Å². The van der Waals surface area contributed by atoms with E-state index in [1.165, 1.54) is 17.1 Å². The minimum atomic E-state index is -0.0417. The Hall–Kier alpha value is -1.72. The van der Waals surface area contributed by atoms with Crippen molar-refractivity contribution in [2.75, 3.05) is 13.2 Å². The summed E-state index contributed by atoms with van der Waals surface area (Å²) in [5, 5.41) is 4.81. The van der Waals surface area contributed by atoms with Gasteiger partial charge in [0.2, 0.25) is 0 Å². The molecule has 1 saturated heterocycles. The molecule has 0 aliphatic carbocycles. The van der Waals surface area contributed by atoms with Gasteiger partial charge in [-0.3, -0.25) is 4.79 Å². The van der Waals surface area contributed by atoms with Gasteiger partial charge in [0, 0.05) is 24.4 Å². The topological polar surface area (TPSA) is 51.2 Å². The molecule has 1 amide bonds. The lowest BCUT2D eigenvalue weighted by molar-refractivity contribution is 0.0846. The van der Waals surface area contributed by atoms with Gasteiger partial charge in [0.25, 0.3) is 5.91 Å². The first-order valence-electron chi connectivity index (χ1n) is 7.11. The van der Waals surface area contributed by atoms with Gasteiger partial charge in [-0.05, 0) is 30.4 Å². The molecule has 21 heavy (non-hydrogen) atoms. The Labute approximate surface area is 128 Å². The molecule has 0 radical (unpaired) electrons. The van der Waals surface area contributed by atoms with Crippen LogP contribution in [0.1, 0.15) is 34.1 Å². The van der Waals surface area contributed by atoms with Crippen molar-refractivity contribution in [2.24, 2.45) is 5.92 Å². The Balaban J connectivity index is 1.62. The zero-order valence-corrected chi connectivity index (χ0v) is 12.7. The van der Waals surface area contributed by atoms with E-state index in [9.17, 15) is 4.79 Å². The molecule has 3 rings (SSSR count). The molecule has 1 fully saturated rings. The lowest BCUT2D eigenvalue weighted by Gasteiger charge is -2.19. The number of amides is 1. The Morgan fingerprint density at radius 3 is 2.95 bits per heavy atom. The third-order valence-electron chi connectivity index (χ3n) is 3.86. The third kappa shape index (κ3) is 3.14. The van der Waals surface area contributed by atoms with Gasteiger partial charge >= 0.3 is 0 Å². The van der Waals surface area contributed by atoms with Crippen molar-refractivity contribution in [1.29, 1.82) is 0 Å². The largest absolute Gasteiger partial charge is 0.373 e. The number of rotatable bonds is 4. The van der Waals surface area contributed by atoms with Gasteiger partial charge in [0.05, 0.1) is 17.4 Å². The first-order valence-corrected chi connectivity index (χ1v) is 7.95. The van der Waals surface area contributed by atoms with E-state index in [4.69, 9.17) is 4.74 Å². The van der Waals surface area contributed by atoms with Gasteiger partial charge < -0.3 is 10.1 Å². The van der Waals surface area contributed by atoms with Crippen molar-refractivity contribution in [2.45, 2.75) is 19.4 Å². The second-order valence-electron chi connectivity index (χ2n) is 5.27. The molecule has 1 N–H and O–H groups in total. The summed E-state index contributed by atoms with van der Waals surface area (Å²) in [4.78, 5) is 12.1. The van der Waals surface area contributed by atoms with Crippen LogP contribution in [-0.2, 0) is 4.74 Å². The number of nitrogens with zero attached hydrogens (tertiary/aromatic N) is 1. The SMILES string of the molecule is Cc1nscc1C(=O)NC[C@@H]1CCO[C@H]1c1ccccc1. The number of carbonyl (C=O) groups excluding carboxylic acids is 1. The summed E-state index contributed by atoms with van der Waals surface area (Å²) in [6, 6.07) is 10.2. The van der Waals surface area contributed by atoms with E-state index in [2.05, 4.69) is 21.8 Å². The number of aromatic nitrogens is 1. The van der Waals surface area contributed by atoms with Crippen molar-refractivity contribution in [3.05, 3.63) is 52.5 Å². The Kier molecular flexibility index (Phi) is 4.31. The standard InChI is InChI=1S/C16H18N2O2S/c1-11-14(10-21-18-11)16(19)17-9-13-7-8-20-15(13)12-5-3-2-4-6-12/h2-6,10,13,15H,7-9H2,1H3,(H,17,19)/t13-,15-/m0/s1. The van der Waals surface area contributed by atoms with E-state index in [-0.39, 0.29) is 12.0 Å². The molecule has 1 aliphatic heterocycles. The van der Waals surface area contributed by atoms with Crippen molar-refractivity contribution in [3.63, 3.8) is 0 Å². The summed E-state index contributed by atoms with van der Waals surface area (Å²) >= 11 is 1.31. The summed E-state index contributed by atoms with van der Waals surface area (Å²) in [6.07, 6.45) is 1.05. The molecule has 1 aromatic heterocycles. The van der Waals surface area contributed by atoms with E-state index in [0.717, 1.165) is 18.7 Å². The van der Waals surface area contributed by atoms with E-state index in [1.54, 1.807) is 5.38 Å². The molecular formula is C16H18N2O2S. The molecule has 0 spiro atoms. The molecule has 110 valence electrons. The van der Waals surface area contributed by atoms with Gasteiger partial charge in [-0.25, -0.2) is 0 Å². The number of nitrogens with one attached hydrogen (secondary N) is 1. The first-order chi connectivity index (χ1) is 10.3. The molecule has 0 bridgehead atoms. The monoisotopic (exact) mass is 302 g/mol. The summed E-state index contributed by atoms with van der Waals surface area (Å²) in [7, 11) is 0. The molecule has 2 heterocycles. The molecule has 1 aliphatic rings. The van der Waals surface area contributed by atoms with Gasteiger partial charge in [0.1, 0.15) is 0 Å². The smallest absolute Gasteiger partial charge is 0.254 e. The Bertz CT molecular complexity index is 612. The molecule has 1 aromatic carbocycles. The highest BCUT2D eigenvalue weighted by Crippen LogP contribution is 2.33. The molecular weight excluding hydrogens is 284 g/mol. The third-order valence-corrected chi connectivity index (χ3v) is 4.58. The highest BCUT2D eigenvalue weighted by molar-refractivity contribution is 7.03. The first kappa shape index (κ1) is 14.2. The highest BCUT2D eigenvalue weighted by Gasteiger charge is 2.29. The summed E-state index contributed by atoms with van der Waals surface area (Å²) in [5.41, 5.74) is 2.65. The van der Waals surface area contributed by atoms with Crippen LogP contribution < -0.4 is 5.32 Å². The normalized spacial score (nSPS) is 21.4. The fourth-order valence-corrected chi connectivity index (χ4v) is 3.38. The van der Waals surface area contributed by atoms with Crippen LogP contribution in [0.4, 0.5) is 0 Å². The molecule has 0 unspecified atom stereocenters. The number of carbonyl (C=O) groups is 1. The lowest BCUT2D eigenvalue weighted by atomic mass is 9.95. The van der Waals surface area contributed by atoms with Crippen LogP contribution >= 0.6 is 11.5 Å². The number of ether oxygens (including phenoxy) is 1. The minimum Gasteiger partial charge on any atom is -0.373 e. The van der Waals surface area contributed by atoms with Gasteiger partial charge in [-0.2, -0.15) is 4.37 Å². The van der Waals surface area contributed by atoms with Crippen LogP contribution in [0.5, 0.6) is 0 Å². The van der Waals surface area contributed by atoms with E-state index in [1.807, 2.05) is 25.1 Å². The predicted octanol–water partition coefficient (Wildman–Crippen LogP) is 2.96. The second-order valence-corrected chi connectivity index (χ2v) is 5.90. The second kappa shape index (κ2) is 6.37. The van der Waals surface area contributed by atoms with Crippen LogP contribution in [0.15, 0.2) is 35.7 Å². The van der Waals surface area contributed by atoms with Crippen LogP contribution in [0.25, 0.3) is 0 Å². The van der Waals surface area contributed by atoms with Crippen molar-refractivity contribution >= 4 is 17.4 Å². The quantitative estimate of drug-likeness (QED) is 0.944. The number of hydrogen-bond donors (Lipinski definition) is 1. The van der Waals surface area contributed by atoms with E-state index in [0.29, 0.717) is 18.0 Å². The zero-order valence-electron chi connectivity index (χ0n) is 11.9. The zero-order chi connectivity index (χ0) is 14.7. The summed E-state index contributed by atoms with van der Waals surface area (Å²) < 4.78 is 9.97.